The summed E-state index contributed by atoms with van der Waals surface area (Å²) in [7, 11) is -2.72. The third kappa shape index (κ3) is 287. The van der Waals surface area contributed by atoms with Gasteiger partial charge in [0.15, 0.2) is 0 Å². The van der Waals surface area contributed by atoms with Crippen LogP contribution in [0.1, 0.15) is 0 Å². The second-order valence-corrected chi connectivity index (χ2v) is 13.5. The molecule has 2 N–H and O–H groups in total. The number of hydrogen-bond donors (Lipinski definition) is 0. The number of nitrogens with one attached hydrogen (secondary N) is 2. The molecule has 0 spiro atoms. The van der Waals surface area contributed by atoms with E-state index in [0.29, 0.717) is 0 Å². The molecule has 0 radical (unpaired) electrons. The van der Waals surface area contributed by atoms with Crippen LogP contribution in [-0.2, 0) is 0 Å². The van der Waals surface area contributed by atoms with Gasteiger partial charge in [-0.25, -0.2) is 0 Å². The zero-order valence-electron chi connectivity index (χ0n) is 10.0. The average Bonchev–Trinajstić information content (AvgIpc) is 1.12. The Morgan fingerprint density at radius 2 is 0.583 bits per heavy atom. The molecule has 0 aliphatic heterocycles. The molecule has 6 heteroatoms. The van der Waals surface area contributed by atoms with E-state index in [9.17, 15) is 0 Å². The summed E-state index contributed by atoms with van der Waals surface area (Å²) in [6.45, 7) is 12.0. The predicted octanol–water partition coefficient (Wildman–Crippen LogP) is -2.24. The van der Waals surface area contributed by atoms with Crippen LogP contribution in [0.15, 0.2) is 0 Å². The van der Waals surface area contributed by atoms with Gasteiger partial charge >= 0.3 is 59.1 Å². The van der Waals surface area contributed by atoms with Crippen LogP contribution in [0, 0.1) is 0 Å². The van der Waals surface area contributed by atoms with Gasteiger partial charge < -0.3 is 10.8 Å². The molecule has 0 bridgehead atoms. The van der Waals surface area contributed by atoms with Crippen LogP contribution in [0.25, 0.3) is 10.8 Å². The van der Waals surface area contributed by atoms with Crippen molar-refractivity contribution in [2.75, 3.05) is 0 Å². The van der Waals surface area contributed by atoms with Gasteiger partial charge in [-0.1, -0.05) is 55.8 Å². The molecule has 0 unspecified atom stereocenters. The maximum absolute atomic E-state index is 7.08. The first-order valence-corrected chi connectivity index (χ1v) is 10.5. The molecule has 0 heterocycles. The molecule has 0 saturated heterocycles. The first-order valence-electron chi connectivity index (χ1n) is 3.50. The van der Waals surface area contributed by atoms with Crippen molar-refractivity contribution in [3.63, 3.8) is 0 Å². The molecule has 64 valence electrons. The molecule has 0 aromatic rings. The Kier molecular flexibility index (Phi) is 19.7. The zero-order valence-corrected chi connectivity index (χ0v) is 16.0. The van der Waals surface area contributed by atoms with Crippen LogP contribution in [0.5, 0.6) is 0 Å². The van der Waals surface area contributed by atoms with Gasteiger partial charge in [0.05, 0.1) is 0 Å². The first-order chi connectivity index (χ1) is 4.00. The molecule has 0 aliphatic rings. The molecule has 0 aromatic heterocycles. The average molecular weight is 222 g/mol. The van der Waals surface area contributed by atoms with Crippen LogP contribution in [0.2, 0.25) is 39.3 Å². The van der Waals surface area contributed by atoms with Crippen molar-refractivity contribution in [2.45, 2.75) is 39.3 Å². The molecule has 0 atom stereocenters. The first kappa shape index (κ1) is 23.9. The van der Waals surface area contributed by atoms with E-state index in [4.69, 9.17) is 10.8 Å². The zero-order chi connectivity index (χ0) is 9.00. The van der Waals surface area contributed by atoms with Gasteiger partial charge in [-0.15, -0.1) is 0 Å². The van der Waals surface area contributed by atoms with Crippen molar-refractivity contribution in [3.8, 4) is 0 Å². The minimum atomic E-state index is -1.36. The fourth-order valence-electron chi connectivity index (χ4n) is 0. The van der Waals surface area contributed by atoms with E-state index in [-0.39, 0.29) is 59.1 Å². The monoisotopic (exact) mass is 222 g/mol. The third-order valence-electron chi connectivity index (χ3n) is 0. The van der Waals surface area contributed by atoms with E-state index in [1.165, 1.54) is 0 Å². The van der Waals surface area contributed by atoms with Crippen LogP contribution in [0.4, 0.5) is 0 Å². The summed E-state index contributed by atoms with van der Waals surface area (Å²) >= 11 is 0. The largest absolute Gasteiger partial charge is 1.00 e. The van der Waals surface area contributed by atoms with Gasteiger partial charge in [-0.2, -0.15) is 0 Å². The molecular weight excluding hydrogens is 202 g/mol. The Balaban J connectivity index is -0.0000000457. The molecule has 0 rings (SSSR count). The Morgan fingerprint density at radius 1 is 0.583 bits per heavy atom. The summed E-state index contributed by atoms with van der Waals surface area (Å²) in [5.41, 5.74) is 0. The summed E-state index contributed by atoms with van der Waals surface area (Å²) in [5, 5.41) is 14.2. The molecule has 0 aliphatic carbocycles. The van der Waals surface area contributed by atoms with Crippen LogP contribution < -0.4 is 59.1 Å². The van der Waals surface area contributed by atoms with Crippen LogP contribution in [-0.4, -0.2) is 16.5 Å². The van der Waals surface area contributed by atoms with Crippen molar-refractivity contribution in [1.29, 1.82) is 0 Å². The summed E-state index contributed by atoms with van der Waals surface area (Å²) in [6, 6.07) is 0. The smallest absolute Gasteiger partial charge is 0.680 e. The Hall–Kier alpha value is 2.35. The third-order valence-corrected chi connectivity index (χ3v) is 0. The van der Waals surface area contributed by atoms with Crippen molar-refractivity contribution >= 4 is 16.5 Å². The minimum Gasteiger partial charge on any atom is -0.680 e. The van der Waals surface area contributed by atoms with E-state index >= 15 is 0 Å². The van der Waals surface area contributed by atoms with Gasteiger partial charge in [-0.3, -0.25) is 0 Å². The van der Waals surface area contributed by atoms with Crippen LogP contribution >= 0.6 is 0 Å². The molecule has 12 heavy (non-hydrogen) atoms. The summed E-state index contributed by atoms with van der Waals surface area (Å²) < 4.78 is 0. The Bertz CT molecular complexity index is 64.5. The molecule has 0 fully saturated rings. The molecule has 2 nitrogen and oxygen atoms in total. The van der Waals surface area contributed by atoms with E-state index in [2.05, 4.69) is 0 Å². The van der Waals surface area contributed by atoms with Gasteiger partial charge in [0.25, 0.3) is 0 Å². The van der Waals surface area contributed by atoms with Crippen molar-refractivity contribution in [2.24, 2.45) is 0 Å². The topological polar surface area (TPSA) is 47.6 Å². The van der Waals surface area contributed by atoms with Crippen molar-refractivity contribution < 1.29 is 59.1 Å². The predicted molar refractivity (Wildman–Crippen MR) is 55.3 cm³/mol. The minimum absolute atomic E-state index is 0. The maximum atomic E-state index is 7.08. The fraction of sp³-hybridized carbons (Fsp3) is 1.00. The molecular formula is C6H20N2Na2Si2. The SMILES string of the molecule is C[Si](C)(C)[NH-].C[Si](C)(C)[NH-].[Na+].[Na+]. The van der Waals surface area contributed by atoms with Crippen LogP contribution in [0.3, 0.4) is 0 Å². The standard InChI is InChI=1S/2C3H10NSi.2Na/c2*1-5(2,3)4;;/h2*4H,1-3H3;;/q2*-1;2*+1. The van der Waals surface area contributed by atoms with E-state index in [1.54, 1.807) is 0 Å². The fourth-order valence-corrected chi connectivity index (χ4v) is 0. The maximum Gasteiger partial charge on any atom is 1.00 e. The van der Waals surface area contributed by atoms with Crippen molar-refractivity contribution in [3.05, 3.63) is 10.8 Å². The molecule has 0 saturated carbocycles. The normalized spacial score (nSPS) is 10.0. The molecule has 0 amide bonds. The summed E-state index contributed by atoms with van der Waals surface area (Å²) in [5.74, 6) is 0. The Morgan fingerprint density at radius 3 is 0.583 bits per heavy atom. The van der Waals surface area contributed by atoms with Crippen molar-refractivity contribution in [1.82, 2.24) is 0 Å². The quantitative estimate of drug-likeness (QED) is 0.416. The Labute approximate surface area is 124 Å². The second kappa shape index (κ2) is 9.89. The van der Waals surface area contributed by atoms with E-state index in [0.717, 1.165) is 0 Å². The summed E-state index contributed by atoms with van der Waals surface area (Å²) in [4.78, 5) is 0. The number of rotatable bonds is 0. The van der Waals surface area contributed by atoms with E-state index < -0.39 is 16.5 Å². The van der Waals surface area contributed by atoms with Gasteiger partial charge in [0.1, 0.15) is 0 Å². The summed E-state index contributed by atoms with van der Waals surface area (Å²) in [6.07, 6.45) is 0. The van der Waals surface area contributed by atoms with Gasteiger partial charge in [0.2, 0.25) is 0 Å². The molecule has 0 aromatic carbocycles. The van der Waals surface area contributed by atoms with Gasteiger partial charge in [-0.05, 0) is 0 Å². The van der Waals surface area contributed by atoms with E-state index in [1.807, 2.05) is 39.3 Å². The number of hydrogen-bond acceptors (Lipinski definition) is 0. The second-order valence-electron chi connectivity index (χ2n) is 4.50. The van der Waals surface area contributed by atoms with Gasteiger partial charge in [0, 0.05) is 0 Å².